The van der Waals surface area contributed by atoms with Gasteiger partial charge in [-0.15, -0.1) is 11.3 Å². The highest BCUT2D eigenvalue weighted by Crippen LogP contribution is 2.35. The molecule has 0 aromatic carbocycles. The van der Waals surface area contributed by atoms with Gasteiger partial charge in [-0.3, -0.25) is 14.6 Å². The molecule has 0 saturated carbocycles. The summed E-state index contributed by atoms with van der Waals surface area (Å²) < 4.78 is 0. The van der Waals surface area contributed by atoms with Crippen LogP contribution in [0.25, 0.3) is 0 Å². The van der Waals surface area contributed by atoms with Crippen LogP contribution in [0.4, 0.5) is 0 Å². The first-order valence-corrected chi connectivity index (χ1v) is 10.0. The first-order valence-electron chi connectivity index (χ1n) is 9.14. The zero-order chi connectivity index (χ0) is 17.9. The summed E-state index contributed by atoms with van der Waals surface area (Å²) in [5, 5.41) is 3.01. The van der Waals surface area contributed by atoms with E-state index in [1.807, 2.05) is 27.4 Å². The number of amides is 2. The van der Waals surface area contributed by atoms with E-state index in [0.717, 1.165) is 37.2 Å². The van der Waals surface area contributed by atoms with Crippen molar-refractivity contribution in [2.45, 2.75) is 31.7 Å². The van der Waals surface area contributed by atoms with E-state index in [1.54, 1.807) is 29.7 Å². The predicted molar refractivity (Wildman–Crippen MR) is 98.7 cm³/mol. The molecule has 2 amide bonds. The average molecular weight is 370 g/mol. The topological polar surface area (TPSA) is 66.4 Å². The molecule has 2 saturated heterocycles. The highest BCUT2D eigenvalue weighted by molar-refractivity contribution is 7.09. The molecule has 4 rings (SSSR count). The minimum absolute atomic E-state index is 0.00310. The van der Waals surface area contributed by atoms with Gasteiger partial charge in [0.05, 0.1) is 6.04 Å². The standard InChI is InChI=1S/C19H22N4O2S/c24-18(23-10-3-5-16(23)17-21-9-13-26-17)14-6-11-22(12-7-14)19(25)15-4-1-2-8-20-15/h1-2,4,8-9,13-14,16H,3,5-7,10-12H2. The summed E-state index contributed by atoms with van der Waals surface area (Å²) in [6.07, 6.45) is 6.92. The van der Waals surface area contributed by atoms with Gasteiger partial charge < -0.3 is 9.80 Å². The summed E-state index contributed by atoms with van der Waals surface area (Å²) in [4.78, 5) is 37.9. The van der Waals surface area contributed by atoms with Gasteiger partial charge >= 0.3 is 0 Å². The van der Waals surface area contributed by atoms with Gasteiger partial charge in [0.25, 0.3) is 5.91 Å². The van der Waals surface area contributed by atoms with Crippen LogP contribution in [0.3, 0.4) is 0 Å². The number of aromatic nitrogens is 2. The number of piperidine rings is 1. The number of hydrogen-bond donors (Lipinski definition) is 0. The van der Waals surface area contributed by atoms with Crippen LogP contribution >= 0.6 is 11.3 Å². The lowest BCUT2D eigenvalue weighted by molar-refractivity contribution is -0.137. The van der Waals surface area contributed by atoms with Crippen molar-refractivity contribution < 1.29 is 9.59 Å². The largest absolute Gasteiger partial charge is 0.337 e. The third-order valence-corrected chi connectivity index (χ3v) is 6.16. The van der Waals surface area contributed by atoms with Crippen LogP contribution in [0.5, 0.6) is 0 Å². The van der Waals surface area contributed by atoms with E-state index < -0.39 is 0 Å². The summed E-state index contributed by atoms with van der Waals surface area (Å²) in [5.41, 5.74) is 0.473. The molecule has 2 aromatic rings. The van der Waals surface area contributed by atoms with Gasteiger partial charge in [0.15, 0.2) is 0 Å². The SMILES string of the molecule is O=C(c1ccccn1)N1CCC(C(=O)N2CCCC2c2nccs2)CC1. The molecule has 0 aliphatic carbocycles. The van der Waals surface area contributed by atoms with Crippen molar-refractivity contribution in [2.24, 2.45) is 5.92 Å². The van der Waals surface area contributed by atoms with Gasteiger partial charge in [-0.05, 0) is 37.8 Å². The zero-order valence-corrected chi connectivity index (χ0v) is 15.4. The number of carbonyl (C=O) groups excluding carboxylic acids is 2. The van der Waals surface area contributed by atoms with Crippen molar-refractivity contribution in [3.8, 4) is 0 Å². The first kappa shape index (κ1) is 17.1. The van der Waals surface area contributed by atoms with Crippen LogP contribution in [-0.2, 0) is 4.79 Å². The summed E-state index contributed by atoms with van der Waals surface area (Å²) in [5.74, 6) is 0.189. The van der Waals surface area contributed by atoms with E-state index in [2.05, 4.69) is 9.97 Å². The van der Waals surface area contributed by atoms with Crippen LogP contribution < -0.4 is 0 Å². The van der Waals surface area contributed by atoms with Crippen molar-refractivity contribution in [3.63, 3.8) is 0 Å². The maximum Gasteiger partial charge on any atom is 0.272 e. The van der Waals surface area contributed by atoms with Crippen molar-refractivity contribution >= 4 is 23.2 Å². The smallest absolute Gasteiger partial charge is 0.272 e. The van der Waals surface area contributed by atoms with Crippen LogP contribution in [0.15, 0.2) is 36.0 Å². The molecule has 0 bridgehead atoms. The number of likely N-dealkylation sites (tertiary alicyclic amines) is 2. The fraction of sp³-hybridized carbons (Fsp3) is 0.474. The molecule has 2 aliphatic rings. The Kier molecular flexibility index (Phi) is 4.97. The van der Waals surface area contributed by atoms with Crippen LogP contribution in [0.2, 0.25) is 0 Å². The van der Waals surface area contributed by atoms with Gasteiger partial charge in [0, 0.05) is 43.3 Å². The molecule has 7 heteroatoms. The molecule has 0 N–H and O–H groups in total. The van der Waals surface area contributed by atoms with Gasteiger partial charge in [0.2, 0.25) is 5.91 Å². The van der Waals surface area contributed by atoms with Crippen molar-refractivity contribution in [2.75, 3.05) is 19.6 Å². The molecule has 0 spiro atoms. The summed E-state index contributed by atoms with van der Waals surface area (Å²) >= 11 is 1.63. The van der Waals surface area contributed by atoms with Crippen LogP contribution in [0.1, 0.15) is 47.2 Å². The Labute approximate surface area is 156 Å². The molecule has 6 nitrogen and oxygen atoms in total. The van der Waals surface area contributed by atoms with Crippen LogP contribution in [-0.4, -0.2) is 51.2 Å². The van der Waals surface area contributed by atoms with E-state index in [1.165, 1.54) is 0 Å². The van der Waals surface area contributed by atoms with Crippen molar-refractivity contribution in [1.29, 1.82) is 0 Å². The summed E-state index contributed by atoms with van der Waals surface area (Å²) in [6.45, 7) is 2.04. The van der Waals surface area contributed by atoms with Gasteiger partial charge in [0.1, 0.15) is 10.7 Å². The number of rotatable bonds is 3. The molecular formula is C19H22N4O2S. The minimum Gasteiger partial charge on any atom is -0.337 e. The maximum absolute atomic E-state index is 13.0. The van der Waals surface area contributed by atoms with Crippen molar-refractivity contribution in [3.05, 3.63) is 46.7 Å². The third-order valence-electron chi connectivity index (χ3n) is 5.29. The molecule has 136 valence electrons. The lowest BCUT2D eigenvalue weighted by Gasteiger charge is -2.34. The van der Waals surface area contributed by atoms with E-state index in [9.17, 15) is 9.59 Å². The van der Waals surface area contributed by atoms with E-state index >= 15 is 0 Å². The second-order valence-electron chi connectivity index (χ2n) is 6.84. The molecule has 2 fully saturated rings. The van der Waals surface area contributed by atoms with Gasteiger partial charge in [-0.25, -0.2) is 4.98 Å². The summed E-state index contributed by atoms with van der Waals surface area (Å²) in [6, 6.07) is 5.50. The quantitative estimate of drug-likeness (QED) is 0.833. The fourth-order valence-electron chi connectivity index (χ4n) is 3.90. The Bertz CT molecular complexity index is 757. The monoisotopic (exact) mass is 370 g/mol. The predicted octanol–water partition coefficient (Wildman–Crippen LogP) is 2.75. The number of hydrogen-bond acceptors (Lipinski definition) is 5. The van der Waals surface area contributed by atoms with E-state index in [0.29, 0.717) is 18.8 Å². The molecule has 2 aliphatic heterocycles. The highest BCUT2D eigenvalue weighted by atomic mass is 32.1. The lowest BCUT2D eigenvalue weighted by Crippen LogP contribution is -2.44. The van der Waals surface area contributed by atoms with Gasteiger partial charge in [-0.1, -0.05) is 6.07 Å². The second-order valence-corrected chi connectivity index (χ2v) is 7.77. The summed E-state index contributed by atoms with van der Waals surface area (Å²) in [7, 11) is 0. The number of nitrogens with zero attached hydrogens (tertiary/aromatic N) is 4. The Hall–Kier alpha value is -2.28. The average Bonchev–Trinajstić information content (AvgIpc) is 3.39. The first-order chi connectivity index (χ1) is 12.7. The van der Waals surface area contributed by atoms with E-state index in [-0.39, 0.29) is 23.8 Å². The molecule has 4 heterocycles. The fourth-order valence-corrected chi connectivity index (χ4v) is 4.69. The number of carbonyl (C=O) groups is 2. The Morgan fingerprint density at radius 2 is 1.88 bits per heavy atom. The van der Waals surface area contributed by atoms with Crippen LogP contribution in [0, 0.1) is 5.92 Å². The van der Waals surface area contributed by atoms with E-state index in [4.69, 9.17) is 0 Å². The second kappa shape index (κ2) is 7.53. The minimum atomic E-state index is -0.0432. The molecule has 1 atom stereocenters. The molecule has 1 unspecified atom stereocenters. The lowest BCUT2D eigenvalue weighted by atomic mass is 9.94. The number of thiazole rings is 1. The highest BCUT2D eigenvalue weighted by Gasteiger charge is 2.37. The Balaban J connectivity index is 1.37. The zero-order valence-electron chi connectivity index (χ0n) is 14.6. The molecule has 2 aromatic heterocycles. The Morgan fingerprint density at radius 3 is 2.58 bits per heavy atom. The molecule has 26 heavy (non-hydrogen) atoms. The Morgan fingerprint density at radius 1 is 1.04 bits per heavy atom. The molecule has 0 radical (unpaired) electrons. The molecular weight excluding hydrogens is 348 g/mol. The normalized spacial score (nSPS) is 21.2. The maximum atomic E-state index is 13.0. The number of pyridine rings is 1. The van der Waals surface area contributed by atoms with Gasteiger partial charge in [-0.2, -0.15) is 0 Å². The van der Waals surface area contributed by atoms with Crippen molar-refractivity contribution in [1.82, 2.24) is 19.8 Å². The third kappa shape index (κ3) is 3.35.